The molecule has 2 heterocycles. The third-order valence-corrected chi connectivity index (χ3v) is 5.48. The molecule has 33 heavy (non-hydrogen) atoms. The number of carbonyl (C=O) groups excluding carboxylic acids is 1. The molecule has 0 saturated heterocycles. The fraction of sp³-hybridized carbons (Fsp3) is 0.280. The number of aromatic amines is 1. The highest BCUT2D eigenvalue weighted by atomic mass is 35.5. The van der Waals surface area contributed by atoms with Crippen molar-refractivity contribution in [3.8, 4) is 34.5 Å². The van der Waals surface area contributed by atoms with Gasteiger partial charge in [0.2, 0.25) is 5.91 Å². The maximum atomic E-state index is 15.3. The van der Waals surface area contributed by atoms with Gasteiger partial charge in [-0.3, -0.25) is 9.59 Å². The van der Waals surface area contributed by atoms with E-state index >= 15 is 4.39 Å². The van der Waals surface area contributed by atoms with Crippen molar-refractivity contribution in [3.05, 3.63) is 69.0 Å². The van der Waals surface area contributed by atoms with Crippen molar-refractivity contribution in [1.29, 1.82) is 0 Å². The van der Waals surface area contributed by atoms with Crippen LogP contribution in [0.4, 0.5) is 4.39 Å². The van der Waals surface area contributed by atoms with Gasteiger partial charge in [-0.2, -0.15) is 0 Å². The number of carbonyl (C=O) groups is 1. The number of benzene rings is 1. The van der Waals surface area contributed by atoms with E-state index in [9.17, 15) is 9.59 Å². The van der Waals surface area contributed by atoms with E-state index in [1.54, 1.807) is 32.2 Å². The molecule has 3 aromatic rings. The van der Waals surface area contributed by atoms with E-state index in [1.165, 1.54) is 18.2 Å². The Morgan fingerprint density at radius 3 is 2.76 bits per heavy atom. The molecule has 2 aromatic heterocycles. The molecule has 168 valence electrons. The van der Waals surface area contributed by atoms with Crippen LogP contribution in [0.5, 0.6) is 0 Å². The molecule has 1 fully saturated rings. The summed E-state index contributed by atoms with van der Waals surface area (Å²) in [4.78, 5) is 35.5. The molecular formula is C25H22ClFN4O2. The van der Waals surface area contributed by atoms with Gasteiger partial charge >= 0.3 is 0 Å². The van der Waals surface area contributed by atoms with Crippen LogP contribution in [-0.4, -0.2) is 20.9 Å². The predicted molar refractivity (Wildman–Crippen MR) is 125 cm³/mol. The molecule has 1 aromatic carbocycles. The monoisotopic (exact) mass is 464 g/mol. The highest BCUT2D eigenvalue weighted by molar-refractivity contribution is 6.33. The molecule has 0 radical (unpaired) electrons. The van der Waals surface area contributed by atoms with Crippen LogP contribution < -0.4 is 10.9 Å². The number of pyridine rings is 1. The Morgan fingerprint density at radius 1 is 1.30 bits per heavy atom. The quantitative estimate of drug-likeness (QED) is 0.550. The zero-order chi connectivity index (χ0) is 23.5. The predicted octanol–water partition coefficient (Wildman–Crippen LogP) is 4.33. The van der Waals surface area contributed by atoms with Crippen LogP contribution in [-0.2, 0) is 11.3 Å². The molecule has 6 nitrogen and oxygen atoms in total. The van der Waals surface area contributed by atoms with E-state index in [2.05, 4.69) is 32.1 Å². The van der Waals surface area contributed by atoms with Crippen molar-refractivity contribution in [2.45, 2.75) is 33.2 Å². The SMILES string of the molecule is CC(C)C(=O)NCc1ccc(Cl)c(-c2nc(-c3ccc(C#CC4CC4)nc3)cc(=O)[nH]2)c1F. The van der Waals surface area contributed by atoms with Crippen molar-refractivity contribution in [3.63, 3.8) is 0 Å². The summed E-state index contributed by atoms with van der Waals surface area (Å²) in [7, 11) is 0. The Kier molecular flexibility index (Phi) is 6.57. The van der Waals surface area contributed by atoms with Gasteiger partial charge in [0.25, 0.3) is 5.56 Å². The molecule has 2 N–H and O–H groups in total. The van der Waals surface area contributed by atoms with Gasteiger partial charge in [-0.1, -0.05) is 37.4 Å². The normalized spacial score (nSPS) is 12.9. The van der Waals surface area contributed by atoms with Crippen LogP contribution in [0.3, 0.4) is 0 Å². The number of nitrogens with zero attached hydrogens (tertiary/aromatic N) is 2. The summed E-state index contributed by atoms with van der Waals surface area (Å²) in [6, 6.07) is 7.85. The maximum absolute atomic E-state index is 15.3. The topological polar surface area (TPSA) is 87.7 Å². The summed E-state index contributed by atoms with van der Waals surface area (Å²) in [6.07, 6.45) is 3.85. The molecular weight excluding hydrogens is 443 g/mol. The summed E-state index contributed by atoms with van der Waals surface area (Å²) in [5.74, 6) is 5.57. The summed E-state index contributed by atoms with van der Waals surface area (Å²) in [6.45, 7) is 3.49. The third kappa shape index (κ3) is 5.47. The molecule has 1 saturated carbocycles. The zero-order valence-electron chi connectivity index (χ0n) is 18.2. The number of halogens is 2. The van der Waals surface area contributed by atoms with Crippen LogP contribution in [0.1, 0.15) is 37.9 Å². The van der Waals surface area contributed by atoms with Gasteiger partial charge in [-0.25, -0.2) is 14.4 Å². The van der Waals surface area contributed by atoms with Gasteiger partial charge in [0.1, 0.15) is 17.3 Å². The molecule has 0 unspecified atom stereocenters. The van der Waals surface area contributed by atoms with Crippen LogP contribution in [0.25, 0.3) is 22.6 Å². The summed E-state index contributed by atoms with van der Waals surface area (Å²) in [5.41, 5.74) is 1.30. The van der Waals surface area contributed by atoms with Crippen LogP contribution in [0, 0.1) is 29.5 Å². The first kappa shape index (κ1) is 22.7. The van der Waals surface area contributed by atoms with Crippen molar-refractivity contribution >= 4 is 17.5 Å². The van der Waals surface area contributed by atoms with E-state index in [1.807, 2.05) is 0 Å². The number of H-pyrrole nitrogens is 1. The van der Waals surface area contributed by atoms with E-state index in [0.29, 0.717) is 22.9 Å². The van der Waals surface area contributed by atoms with Crippen molar-refractivity contribution in [2.24, 2.45) is 11.8 Å². The molecule has 1 amide bonds. The third-order valence-electron chi connectivity index (χ3n) is 5.17. The lowest BCUT2D eigenvalue weighted by Crippen LogP contribution is -2.27. The lowest BCUT2D eigenvalue weighted by Gasteiger charge is -2.12. The molecule has 1 aliphatic carbocycles. The molecule has 4 rings (SSSR count). The van der Waals surface area contributed by atoms with Gasteiger partial charge in [0.05, 0.1) is 16.3 Å². The molecule has 0 bridgehead atoms. The van der Waals surface area contributed by atoms with Gasteiger partial charge in [0, 0.05) is 41.8 Å². The smallest absolute Gasteiger partial charge is 0.251 e. The summed E-state index contributed by atoms with van der Waals surface area (Å²) < 4.78 is 15.3. The molecule has 0 spiro atoms. The lowest BCUT2D eigenvalue weighted by molar-refractivity contribution is -0.124. The van der Waals surface area contributed by atoms with Gasteiger partial charge < -0.3 is 10.3 Å². The lowest BCUT2D eigenvalue weighted by atomic mass is 10.1. The highest BCUT2D eigenvalue weighted by Gasteiger charge is 2.19. The highest BCUT2D eigenvalue weighted by Crippen LogP contribution is 2.31. The zero-order valence-corrected chi connectivity index (χ0v) is 19.0. The van der Waals surface area contributed by atoms with Crippen LogP contribution in [0.15, 0.2) is 41.3 Å². The number of aromatic nitrogens is 3. The number of rotatable bonds is 5. The average molecular weight is 465 g/mol. The summed E-state index contributed by atoms with van der Waals surface area (Å²) in [5, 5.41) is 2.77. The minimum Gasteiger partial charge on any atom is -0.352 e. The second kappa shape index (κ2) is 9.55. The van der Waals surface area contributed by atoms with Crippen LogP contribution >= 0.6 is 11.6 Å². The Balaban J connectivity index is 1.66. The Labute approximate surface area is 195 Å². The van der Waals surface area contributed by atoms with E-state index in [4.69, 9.17) is 11.6 Å². The number of hydrogen-bond donors (Lipinski definition) is 2. The molecule has 0 atom stereocenters. The fourth-order valence-electron chi connectivity index (χ4n) is 3.08. The Bertz CT molecular complexity index is 1320. The van der Waals surface area contributed by atoms with E-state index in [0.717, 1.165) is 12.8 Å². The first-order chi connectivity index (χ1) is 15.8. The minimum absolute atomic E-state index is 0.00497. The van der Waals surface area contributed by atoms with Crippen LogP contribution in [0.2, 0.25) is 5.02 Å². The van der Waals surface area contributed by atoms with E-state index < -0.39 is 11.4 Å². The maximum Gasteiger partial charge on any atom is 0.251 e. The summed E-state index contributed by atoms with van der Waals surface area (Å²) >= 11 is 6.27. The van der Waals surface area contributed by atoms with E-state index in [-0.39, 0.29) is 40.3 Å². The number of hydrogen-bond acceptors (Lipinski definition) is 4. The largest absolute Gasteiger partial charge is 0.352 e. The molecule has 1 aliphatic rings. The first-order valence-corrected chi connectivity index (χ1v) is 11.0. The number of amides is 1. The van der Waals surface area contributed by atoms with Gasteiger partial charge in [-0.05, 0) is 37.0 Å². The second-order valence-electron chi connectivity index (χ2n) is 8.22. The molecule has 8 heteroatoms. The number of nitrogens with one attached hydrogen (secondary N) is 2. The first-order valence-electron chi connectivity index (χ1n) is 10.7. The van der Waals surface area contributed by atoms with Crippen molar-refractivity contribution in [1.82, 2.24) is 20.3 Å². The second-order valence-corrected chi connectivity index (χ2v) is 8.63. The Hall–Kier alpha value is -3.50. The minimum atomic E-state index is -0.657. The van der Waals surface area contributed by atoms with Crippen molar-refractivity contribution < 1.29 is 9.18 Å². The standard InChI is InChI=1S/C25H22ClFN4O2/c1-14(2)25(33)29-13-17-7-10-19(26)22(23(17)27)24-30-20(11-21(32)31-24)16-6-9-18(28-12-16)8-5-15-3-4-15/h6-7,9-12,14-15H,3-4,13H2,1-2H3,(H,29,33)(H,30,31,32). The van der Waals surface area contributed by atoms with Gasteiger partial charge in [0.15, 0.2) is 0 Å². The Morgan fingerprint density at radius 2 is 2.09 bits per heavy atom. The van der Waals surface area contributed by atoms with Crippen molar-refractivity contribution in [2.75, 3.05) is 0 Å². The fourth-order valence-corrected chi connectivity index (χ4v) is 3.32. The molecule has 0 aliphatic heterocycles. The average Bonchev–Trinajstić information content (AvgIpc) is 3.61. The van der Waals surface area contributed by atoms with Gasteiger partial charge in [-0.15, -0.1) is 0 Å².